The summed E-state index contributed by atoms with van der Waals surface area (Å²) in [5.74, 6) is -0.343. The molecule has 0 saturated carbocycles. The van der Waals surface area contributed by atoms with Gasteiger partial charge >= 0.3 is 5.69 Å². The summed E-state index contributed by atoms with van der Waals surface area (Å²) in [7, 11) is 0. The van der Waals surface area contributed by atoms with Crippen molar-refractivity contribution in [2.24, 2.45) is 0 Å². The van der Waals surface area contributed by atoms with Gasteiger partial charge in [-0.15, -0.1) is 5.10 Å². The number of nitrogens with zero attached hydrogens (tertiary/aromatic N) is 5. The molecular formula is C22H17BrN6O2. The van der Waals surface area contributed by atoms with Gasteiger partial charge in [0.1, 0.15) is 12.1 Å². The van der Waals surface area contributed by atoms with Crippen LogP contribution in [0.15, 0.2) is 76.3 Å². The Hall–Kier alpha value is -3.72. The van der Waals surface area contributed by atoms with Crippen LogP contribution >= 0.6 is 15.9 Å². The van der Waals surface area contributed by atoms with E-state index in [2.05, 4.69) is 31.4 Å². The van der Waals surface area contributed by atoms with Gasteiger partial charge in [0.05, 0.1) is 11.4 Å². The van der Waals surface area contributed by atoms with Gasteiger partial charge in [-0.05, 0) is 46.6 Å². The molecular weight excluding hydrogens is 460 g/mol. The van der Waals surface area contributed by atoms with E-state index < -0.39 is 5.69 Å². The molecule has 0 radical (unpaired) electrons. The molecule has 9 heteroatoms. The molecule has 0 unspecified atom stereocenters. The molecule has 3 heterocycles. The number of carbonyl (C=O) groups excluding carboxylic acids is 1. The second-order valence-electron chi connectivity index (χ2n) is 7.19. The number of carbonyl (C=O) groups is 1. The molecule has 5 aromatic rings. The minimum absolute atomic E-state index is 0.202. The monoisotopic (exact) mass is 476 g/mol. The van der Waals surface area contributed by atoms with E-state index in [9.17, 15) is 9.59 Å². The van der Waals surface area contributed by atoms with E-state index in [0.717, 1.165) is 26.0 Å². The van der Waals surface area contributed by atoms with Gasteiger partial charge in [0.25, 0.3) is 0 Å². The second kappa shape index (κ2) is 7.51. The van der Waals surface area contributed by atoms with Gasteiger partial charge in [0.15, 0.2) is 5.65 Å². The Balaban J connectivity index is 1.49. The summed E-state index contributed by atoms with van der Waals surface area (Å²) in [5.41, 5.74) is 4.18. The van der Waals surface area contributed by atoms with Crippen molar-refractivity contribution in [1.82, 2.24) is 23.8 Å². The first-order valence-corrected chi connectivity index (χ1v) is 10.4. The maximum Gasteiger partial charge on any atom is 0.350 e. The lowest BCUT2D eigenvalue weighted by Gasteiger charge is -2.07. The first kappa shape index (κ1) is 19.3. The number of fused-ring (bicyclic) bond motifs is 3. The minimum Gasteiger partial charge on any atom is -0.323 e. The number of nitrogens with one attached hydrogen (secondary N) is 1. The highest BCUT2D eigenvalue weighted by atomic mass is 79.9. The number of aryl methyl sites for hydroxylation is 1. The summed E-state index contributed by atoms with van der Waals surface area (Å²) in [6.45, 7) is 1.76. The zero-order valence-corrected chi connectivity index (χ0v) is 18.1. The lowest BCUT2D eigenvalue weighted by atomic mass is 10.1. The van der Waals surface area contributed by atoms with Gasteiger partial charge in [-0.2, -0.15) is 5.10 Å². The Labute approximate surface area is 184 Å². The van der Waals surface area contributed by atoms with Crippen LogP contribution in [0.2, 0.25) is 0 Å². The Morgan fingerprint density at radius 3 is 2.65 bits per heavy atom. The highest BCUT2D eigenvalue weighted by molar-refractivity contribution is 9.10. The van der Waals surface area contributed by atoms with Crippen LogP contribution in [0.3, 0.4) is 0 Å². The zero-order chi connectivity index (χ0) is 21.5. The number of hydrogen-bond donors (Lipinski definition) is 1. The van der Waals surface area contributed by atoms with Crippen LogP contribution in [0.1, 0.15) is 5.56 Å². The van der Waals surface area contributed by atoms with Gasteiger partial charge in [0, 0.05) is 22.4 Å². The largest absolute Gasteiger partial charge is 0.350 e. The normalized spacial score (nSPS) is 11.3. The van der Waals surface area contributed by atoms with E-state index in [4.69, 9.17) is 0 Å². The Morgan fingerprint density at radius 1 is 1.06 bits per heavy atom. The first-order chi connectivity index (χ1) is 15.0. The SMILES string of the molecule is Cc1ccc(NC(=O)Cn2nc3c4cc(-c5ccccc5)nn4ccn3c2=O)c(Br)c1. The Bertz CT molecular complexity index is 1500. The molecule has 0 fully saturated rings. The summed E-state index contributed by atoms with van der Waals surface area (Å²) < 4.78 is 5.03. The van der Waals surface area contributed by atoms with Gasteiger partial charge < -0.3 is 5.32 Å². The lowest BCUT2D eigenvalue weighted by Crippen LogP contribution is -2.28. The molecule has 0 spiro atoms. The number of aromatic nitrogens is 5. The maximum absolute atomic E-state index is 12.8. The van der Waals surface area contributed by atoms with E-state index in [0.29, 0.717) is 16.9 Å². The summed E-state index contributed by atoms with van der Waals surface area (Å²) in [5, 5.41) is 11.8. The molecule has 5 rings (SSSR count). The third kappa shape index (κ3) is 3.53. The van der Waals surface area contributed by atoms with Crippen molar-refractivity contribution in [3.63, 3.8) is 0 Å². The first-order valence-electron chi connectivity index (χ1n) is 9.58. The van der Waals surface area contributed by atoms with Crippen molar-refractivity contribution in [2.75, 3.05) is 5.32 Å². The lowest BCUT2D eigenvalue weighted by molar-refractivity contribution is -0.117. The number of benzene rings is 2. The van der Waals surface area contributed by atoms with Crippen LogP contribution < -0.4 is 11.0 Å². The summed E-state index contributed by atoms with van der Waals surface area (Å²) in [4.78, 5) is 25.3. The standard InChI is InChI=1S/C22H17BrN6O2/c1-14-7-8-17(16(23)11-14)24-20(30)13-29-22(31)27-9-10-28-19(21(27)26-29)12-18(25-28)15-5-3-2-4-6-15/h2-12H,13H2,1H3,(H,24,30). The number of halogens is 1. The molecule has 0 bridgehead atoms. The second-order valence-corrected chi connectivity index (χ2v) is 8.04. The Morgan fingerprint density at radius 2 is 1.87 bits per heavy atom. The maximum atomic E-state index is 12.8. The molecule has 0 saturated heterocycles. The van der Waals surface area contributed by atoms with Crippen LogP contribution in [0.25, 0.3) is 22.4 Å². The van der Waals surface area contributed by atoms with E-state index in [-0.39, 0.29) is 12.5 Å². The number of hydrogen-bond acceptors (Lipinski definition) is 4. The van der Waals surface area contributed by atoms with Gasteiger partial charge in [-0.25, -0.2) is 18.4 Å². The molecule has 2 aromatic carbocycles. The van der Waals surface area contributed by atoms with Crippen LogP contribution in [0.4, 0.5) is 5.69 Å². The average Bonchev–Trinajstić information content (AvgIpc) is 3.33. The molecule has 1 amide bonds. The third-order valence-electron chi connectivity index (χ3n) is 4.95. The van der Waals surface area contributed by atoms with E-state index in [1.165, 1.54) is 4.40 Å². The molecule has 0 aliphatic carbocycles. The molecule has 31 heavy (non-hydrogen) atoms. The van der Waals surface area contributed by atoms with E-state index in [1.54, 1.807) is 16.9 Å². The third-order valence-corrected chi connectivity index (χ3v) is 5.61. The average molecular weight is 477 g/mol. The van der Waals surface area contributed by atoms with Crippen LogP contribution in [0, 0.1) is 6.92 Å². The zero-order valence-electron chi connectivity index (χ0n) is 16.5. The van der Waals surface area contributed by atoms with Gasteiger partial charge in [0.2, 0.25) is 5.91 Å². The fourth-order valence-electron chi connectivity index (χ4n) is 3.43. The summed E-state index contributed by atoms with van der Waals surface area (Å²) >= 11 is 3.44. The summed E-state index contributed by atoms with van der Waals surface area (Å²) in [6.07, 6.45) is 3.30. The van der Waals surface area contributed by atoms with Gasteiger partial charge in [-0.1, -0.05) is 36.4 Å². The number of rotatable bonds is 4. The highest BCUT2D eigenvalue weighted by Crippen LogP contribution is 2.23. The summed E-state index contributed by atoms with van der Waals surface area (Å²) in [6, 6.07) is 17.3. The van der Waals surface area contributed by atoms with Crippen LogP contribution in [0.5, 0.6) is 0 Å². The highest BCUT2D eigenvalue weighted by Gasteiger charge is 2.16. The number of amides is 1. The molecule has 1 N–H and O–H groups in total. The predicted molar refractivity (Wildman–Crippen MR) is 121 cm³/mol. The molecule has 8 nitrogen and oxygen atoms in total. The van der Waals surface area contributed by atoms with Crippen molar-refractivity contribution >= 4 is 38.7 Å². The van der Waals surface area contributed by atoms with Crippen LogP contribution in [-0.2, 0) is 11.3 Å². The minimum atomic E-state index is -0.391. The van der Waals surface area contributed by atoms with Crippen molar-refractivity contribution in [3.8, 4) is 11.3 Å². The van der Waals surface area contributed by atoms with Crippen LogP contribution in [-0.4, -0.2) is 29.7 Å². The molecule has 3 aromatic heterocycles. The van der Waals surface area contributed by atoms with E-state index >= 15 is 0 Å². The fourth-order valence-corrected chi connectivity index (χ4v) is 4.03. The quantitative estimate of drug-likeness (QED) is 0.429. The van der Waals surface area contributed by atoms with E-state index in [1.807, 2.05) is 61.5 Å². The topological polar surface area (TPSA) is 85.7 Å². The molecule has 0 atom stereocenters. The number of anilines is 1. The van der Waals surface area contributed by atoms with Crippen molar-refractivity contribution in [1.29, 1.82) is 0 Å². The molecule has 0 aliphatic rings. The fraction of sp³-hybridized carbons (Fsp3) is 0.0909. The smallest absolute Gasteiger partial charge is 0.323 e. The van der Waals surface area contributed by atoms with Gasteiger partial charge in [-0.3, -0.25) is 4.79 Å². The Kier molecular flexibility index (Phi) is 4.67. The van der Waals surface area contributed by atoms with Crippen molar-refractivity contribution < 1.29 is 4.79 Å². The van der Waals surface area contributed by atoms with Crippen molar-refractivity contribution in [3.05, 3.63) is 87.5 Å². The molecule has 0 aliphatic heterocycles. The predicted octanol–water partition coefficient (Wildman–Crippen LogP) is 3.52. The molecule has 154 valence electrons. The van der Waals surface area contributed by atoms with Crippen molar-refractivity contribution in [2.45, 2.75) is 13.5 Å².